The molecule has 0 saturated heterocycles. The maximum Gasteiger partial charge on any atom is 0.416 e. The van der Waals surface area contributed by atoms with Crippen LogP contribution in [-0.2, 0) is 6.18 Å². The van der Waals surface area contributed by atoms with E-state index >= 15 is 0 Å². The molecule has 1 aromatic carbocycles. The average molecular weight is 278 g/mol. The molecule has 0 aliphatic rings. The summed E-state index contributed by atoms with van der Waals surface area (Å²) in [6.07, 6.45) is -2.89. The predicted molar refractivity (Wildman–Crippen MR) is 68.7 cm³/mol. The van der Waals surface area contributed by atoms with E-state index in [1.54, 1.807) is 18.3 Å². The zero-order valence-corrected chi connectivity index (χ0v) is 10.1. The minimum Gasteiger partial charge on any atom is -0.399 e. The number of nitrogens with one attached hydrogen (secondary N) is 1. The third-order valence-electron chi connectivity index (χ3n) is 2.81. The fourth-order valence-corrected chi connectivity index (χ4v) is 1.93. The molecule has 3 rings (SSSR count). The number of fused-ring (bicyclic) bond motifs is 1. The fourth-order valence-electron chi connectivity index (χ4n) is 1.93. The number of benzene rings is 1. The van der Waals surface area contributed by atoms with Crippen LogP contribution >= 0.6 is 0 Å². The molecule has 0 radical (unpaired) electrons. The molecule has 2 heterocycles. The number of pyridine rings is 1. The minimum absolute atomic E-state index is 0.0308. The second-order valence-electron chi connectivity index (χ2n) is 4.30. The summed E-state index contributed by atoms with van der Waals surface area (Å²) in [5, 5.41) is 0. The SMILES string of the molecule is Nc1cc(-c2nc3ncccc3[nH]2)cc(C(F)(F)F)c1. The zero-order valence-electron chi connectivity index (χ0n) is 10.1. The highest BCUT2D eigenvalue weighted by molar-refractivity contribution is 5.76. The summed E-state index contributed by atoms with van der Waals surface area (Å²) in [5.41, 5.74) is 6.12. The Balaban J connectivity index is 2.16. The number of rotatable bonds is 1. The van der Waals surface area contributed by atoms with Gasteiger partial charge in [0.2, 0.25) is 0 Å². The van der Waals surface area contributed by atoms with Crippen molar-refractivity contribution in [3.05, 3.63) is 42.1 Å². The molecule has 0 aliphatic carbocycles. The van der Waals surface area contributed by atoms with Gasteiger partial charge >= 0.3 is 6.18 Å². The number of alkyl halides is 3. The van der Waals surface area contributed by atoms with Crippen molar-refractivity contribution in [2.45, 2.75) is 6.18 Å². The lowest BCUT2D eigenvalue weighted by Crippen LogP contribution is -2.06. The number of anilines is 1. The van der Waals surface area contributed by atoms with E-state index in [1.165, 1.54) is 6.07 Å². The van der Waals surface area contributed by atoms with Gasteiger partial charge in [-0.2, -0.15) is 13.2 Å². The van der Waals surface area contributed by atoms with E-state index in [1.807, 2.05) is 0 Å². The topological polar surface area (TPSA) is 67.6 Å². The summed E-state index contributed by atoms with van der Waals surface area (Å²) in [6.45, 7) is 0. The highest BCUT2D eigenvalue weighted by atomic mass is 19.4. The van der Waals surface area contributed by atoms with Crippen molar-refractivity contribution in [1.29, 1.82) is 0 Å². The summed E-state index contributed by atoms with van der Waals surface area (Å²) >= 11 is 0. The number of halogens is 3. The Morgan fingerprint density at radius 3 is 2.65 bits per heavy atom. The molecule has 0 aliphatic heterocycles. The van der Waals surface area contributed by atoms with Crippen molar-refractivity contribution < 1.29 is 13.2 Å². The molecule has 0 atom stereocenters. The van der Waals surface area contributed by atoms with Gasteiger partial charge in [0.1, 0.15) is 5.82 Å². The Labute approximate surface area is 111 Å². The van der Waals surface area contributed by atoms with Crippen LogP contribution in [0.15, 0.2) is 36.5 Å². The van der Waals surface area contributed by atoms with Crippen molar-refractivity contribution in [2.75, 3.05) is 5.73 Å². The molecule has 20 heavy (non-hydrogen) atoms. The second kappa shape index (κ2) is 4.22. The quantitative estimate of drug-likeness (QED) is 0.671. The van der Waals surface area contributed by atoms with Gasteiger partial charge in [0.15, 0.2) is 5.65 Å². The minimum atomic E-state index is -4.45. The van der Waals surface area contributed by atoms with Crippen LogP contribution in [-0.4, -0.2) is 15.0 Å². The van der Waals surface area contributed by atoms with Crippen LogP contribution in [0.3, 0.4) is 0 Å². The molecule has 0 fully saturated rings. The van der Waals surface area contributed by atoms with Crippen molar-refractivity contribution in [3.8, 4) is 11.4 Å². The highest BCUT2D eigenvalue weighted by Crippen LogP contribution is 2.33. The van der Waals surface area contributed by atoms with Crippen LogP contribution in [0.4, 0.5) is 18.9 Å². The van der Waals surface area contributed by atoms with Gasteiger partial charge < -0.3 is 10.7 Å². The summed E-state index contributed by atoms with van der Waals surface area (Å²) in [5.74, 6) is 0.302. The van der Waals surface area contributed by atoms with Crippen molar-refractivity contribution in [3.63, 3.8) is 0 Å². The standard InChI is InChI=1S/C13H9F3N4/c14-13(15,16)8-4-7(5-9(17)6-8)11-19-10-2-1-3-18-12(10)20-11/h1-6H,17H2,(H,18,19,20). The predicted octanol–water partition coefficient (Wildman–Crippen LogP) is 3.23. The van der Waals surface area contributed by atoms with Gasteiger partial charge in [0.05, 0.1) is 11.1 Å². The van der Waals surface area contributed by atoms with Crippen LogP contribution in [0.25, 0.3) is 22.6 Å². The number of aromatic amines is 1. The van der Waals surface area contributed by atoms with Gasteiger partial charge in [-0.25, -0.2) is 9.97 Å². The maximum atomic E-state index is 12.8. The molecule has 4 nitrogen and oxygen atoms in total. The first-order chi connectivity index (χ1) is 9.43. The maximum absolute atomic E-state index is 12.8. The molecule has 3 N–H and O–H groups in total. The van der Waals surface area contributed by atoms with E-state index in [4.69, 9.17) is 5.73 Å². The zero-order chi connectivity index (χ0) is 14.3. The molecular weight excluding hydrogens is 269 g/mol. The number of hydrogen-bond donors (Lipinski definition) is 2. The first-order valence-electron chi connectivity index (χ1n) is 5.72. The second-order valence-corrected chi connectivity index (χ2v) is 4.30. The van der Waals surface area contributed by atoms with Gasteiger partial charge in [-0.15, -0.1) is 0 Å². The van der Waals surface area contributed by atoms with E-state index in [-0.39, 0.29) is 11.3 Å². The van der Waals surface area contributed by atoms with E-state index in [0.29, 0.717) is 17.0 Å². The monoisotopic (exact) mass is 278 g/mol. The summed E-state index contributed by atoms with van der Waals surface area (Å²) < 4.78 is 38.3. The Morgan fingerprint density at radius 1 is 1.15 bits per heavy atom. The van der Waals surface area contributed by atoms with Crippen molar-refractivity contribution >= 4 is 16.9 Å². The van der Waals surface area contributed by atoms with Crippen LogP contribution in [0.1, 0.15) is 5.56 Å². The highest BCUT2D eigenvalue weighted by Gasteiger charge is 2.31. The normalized spacial score (nSPS) is 11.9. The molecule has 2 aromatic heterocycles. The number of nitrogens with two attached hydrogens (primary N) is 1. The average Bonchev–Trinajstić information content (AvgIpc) is 2.80. The molecule has 3 aromatic rings. The number of H-pyrrole nitrogens is 1. The molecule has 102 valence electrons. The number of imidazole rings is 1. The molecule has 7 heteroatoms. The van der Waals surface area contributed by atoms with Gasteiger partial charge in [0.25, 0.3) is 0 Å². The molecule has 0 bridgehead atoms. The van der Waals surface area contributed by atoms with Gasteiger partial charge in [-0.3, -0.25) is 0 Å². The van der Waals surface area contributed by atoms with Crippen LogP contribution in [0.2, 0.25) is 0 Å². The third kappa shape index (κ3) is 2.18. The summed E-state index contributed by atoms with van der Waals surface area (Å²) in [7, 11) is 0. The Morgan fingerprint density at radius 2 is 1.95 bits per heavy atom. The number of nitrogens with zero attached hydrogens (tertiary/aromatic N) is 2. The smallest absolute Gasteiger partial charge is 0.399 e. The van der Waals surface area contributed by atoms with Crippen LogP contribution < -0.4 is 5.73 Å². The van der Waals surface area contributed by atoms with Crippen molar-refractivity contribution in [2.24, 2.45) is 0 Å². The van der Waals surface area contributed by atoms with Gasteiger partial charge in [-0.1, -0.05) is 0 Å². The largest absolute Gasteiger partial charge is 0.416 e. The summed E-state index contributed by atoms with van der Waals surface area (Å²) in [4.78, 5) is 11.1. The molecule has 0 spiro atoms. The third-order valence-corrected chi connectivity index (χ3v) is 2.81. The molecule has 0 amide bonds. The lowest BCUT2D eigenvalue weighted by atomic mass is 10.1. The van der Waals surface area contributed by atoms with Gasteiger partial charge in [-0.05, 0) is 30.3 Å². The van der Waals surface area contributed by atoms with Crippen LogP contribution in [0.5, 0.6) is 0 Å². The number of nitrogen functional groups attached to an aromatic ring is 1. The van der Waals surface area contributed by atoms with Crippen molar-refractivity contribution in [1.82, 2.24) is 15.0 Å². The first-order valence-corrected chi connectivity index (χ1v) is 5.72. The van der Waals surface area contributed by atoms with E-state index in [9.17, 15) is 13.2 Å². The fraction of sp³-hybridized carbons (Fsp3) is 0.0769. The first kappa shape index (κ1) is 12.5. The van der Waals surface area contributed by atoms with E-state index < -0.39 is 11.7 Å². The Bertz CT molecular complexity index is 744. The lowest BCUT2D eigenvalue weighted by Gasteiger charge is -2.09. The number of hydrogen-bond acceptors (Lipinski definition) is 3. The molecule has 0 saturated carbocycles. The summed E-state index contributed by atoms with van der Waals surface area (Å²) in [6, 6.07) is 6.80. The van der Waals surface area contributed by atoms with Gasteiger partial charge in [0, 0.05) is 17.4 Å². The lowest BCUT2D eigenvalue weighted by molar-refractivity contribution is -0.137. The number of aromatic nitrogens is 3. The molecule has 0 unspecified atom stereocenters. The Kier molecular flexibility index (Phi) is 2.63. The molecular formula is C13H9F3N4. The van der Waals surface area contributed by atoms with Crippen LogP contribution in [0, 0.1) is 0 Å². The van der Waals surface area contributed by atoms with E-state index in [0.717, 1.165) is 12.1 Å². The Hall–Kier alpha value is -2.57. The van der Waals surface area contributed by atoms with E-state index in [2.05, 4.69) is 15.0 Å².